The van der Waals surface area contributed by atoms with E-state index in [2.05, 4.69) is 38.6 Å². The van der Waals surface area contributed by atoms with Crippen LogP contribution in [0.25, 0.3) is 11.0 Å². The average molecular weight is 269 g/mol. The minimum atomic E-state index is 0.676. The quantitative estimate of drug-likeness (QED) is 0.744. The number of benzene rings is 1. The first-order chi connectivity index (χ1) is 5.81. The molecule has 12 heavy (non-hydrogen) atoms. The van der Waals surface area contributed by atoms with Gasteiger partial charge in [-0.15, -0.1) is 0 Å². The Balaban J connectivity index is 2.84. The lowest BCUT2D eigenvalue weighted by atomic mass is 10.2. The Morgan fingerprint density at radius 3 is 3.08 bits per heavy atom. The lowest BCUT2D eigenvalue weighted by molar-refractivity contribution is 1.34. The number of hydrogen-bond acceptors (Lipinski definition) is 2. The summed E-state index contributed by atoms with van der Waals surface area (Å²) in [4.78, 5) is 7.04. The van der Waals surface area contributed by atoms with Crippen molar-refractivity contribution in [1.29, 1.82) is 5.26 Å². The highest BCUT2D eigenvalue weighted by molar-refractivity contribution is 14.1. The van der Waals surface area contributed by atoms with Crippen molar-refractivity contribution in [3.05, 3.63) is 27.6 Å². The molecular weight excluding hydrogens is 265 g/mol. The fourth-order valence-corrected chi connectivity index (χ4v) is 1.63. The third kappa shape index (κ3) is 1.06. The van der Waals surface area contributed by atoms with Gasteiger partial charge in [0.1, 0.15) is 6.07 Å². The molecule has 0 atom stereocenters. The molecule has 0 saturated carbocycles. The third-order valence-corrected chi connectivity index (χ3v) is 2.52. The summed E-state index contributed by atoms with van der Waals surface area (Å²) in [6.07, 6.45) is 1.63. The largest absolute Gasteiger partial charge is 0.345 e. The van der Waals surface area contributed by atoms with Crippen LogP contribution in [0.5, 0.6) is 0 Å². The first-order valence-corrected chi connectivity index (χ1v) is 4.42. The van der Waals surface area contributed by atoms with Gasteiger partial charge in [-0.1, -0.05) is 0 Å². The molecule has 1 aromatic heterocycles. The fourth-order valence-electron chi connectivity index (χ4n) is 1.04. The van der Waals surface area contributed by atoms with Gasteiger partial charge in [-0.2, -0.15) is 5.26 Å². The summed E-state index contributed by atoms with van der Waals surface area (Å²) in [6, 6.07) is 5.82. The van der Waals surface area contributed by atoms with Crippen LogP contribution >= 0.6 is 22.6 Å². The lowest BCUT2D eigenvalue weighted by Crippen LogP contribution is -1.81. The van der Waals surface area contributed by atoms with Crippen LogP contribution in [0.4, 0.5) is 0 Å². The highest BCUT2D eigenvalue weighted by Crippen LogP contribution is 2.17. The monoisotopic (exact) mass is 269 g/mol. The van der Waals surface area contributed by atoms with E-state index in [0.717, 1.165) is 14.6 Å². The van der Waals surface area contributed by atoms with Gasteiger partial charge in [0.2, 0.25) is 0 Å². The van der Waals surface area contributed by atoms with E-state index >= 15 is 0 Å². The van der Waals surface area contributed by atoms with E-state index in [1.54, 1.807) is 12.4 Å². The van der Waals surface area contributed by atoms with Crippen molar-refractivity contribution in [2.45, 2.75) is 0 Å². The third-order valence-electron chi connectivity index (χ3n) is 1.63. The van der Waals surface area contributed by atoms with E-state index in [0.29, 0.717) is 5.56 Å². The first kappa shape index (κ1) is 7.55. The van der Waals surface area contributed by atoms with Gasteiger partial charge >= 0.3 is 0 Å². The summed E-state index contributed by atoms with van der Waals surface area (Å²) in [5.74, 6) is 0. The van der Waals surface area contributed by atoms with Crippen molar-refractivity contribution in [2.75, 3.05) is 0 Å². The lowest BCUT2D eigenvalue weighted by Gasteiger charge is -1.93. The molecule has 0 unspecified atom stereocenters. The maximum atomic E-state index is 8.72. The van der Waals surface area contributed by atoms with Crippen molar-refractivity contribution >= 4 is 33.6 Å². The molecule has 4 heteroatoms. The number of nitriles is 1. The molecule has 0 spiro atoms. The molecule has 3 nitrogen and oxygen atoms in total. The summed E-state index contributed by atoms with van der Waals surface area (Å²) < 4.78 is 0.951. The van der Waals surface area contributed by atoms with Gasteiger partial charge in [0.25, 0.3) is 0 Å². The number of aromatic amines is 1. The second-order valence-electron chi connectivity index (χ2n) is 2.36. The van der Waals surface area contributed by atoms with Crippen LogP contribution in [0.3, 0.4) is 0 Å². The molecule has 58 valence electrons. The molecule has 0 aliphatic carbocycles. The molecule has 2 rings (SSSR count). The number of hydrogen-bond donors (Lipinski definition) is 1. The van der Waals surface area contributed by atoms with Crippen molar-refractivity contribution in [1.82, 2.24) is 9.97 Å². The molecule has 0 radical (unpaired) electrons. The van der Waals surface area contributed by atoms with Gasteiger partial charge in [-0.05, 0) is 34.7 Å². The number of aromatic nitrogens is 2. The van der Waals surface area contributed by atoms with E-state index in [1.165, 1.54) is 0 Å². The van der Waals surface area contributed by atoms with E-state index < -0.39 is 0 Å². The minimum absolute atomic E-state index is 0.676. The minimum Gasteiger partial charge on any atom is -0.345 e. The van der Waals surface area contributed by atoms with Crippen LogP contribution in [0.1, 0.15) is 5.56 Å². The predicted molar refractivity (Wildman–Crippen MR) is 53.5 cm³/mol. The summed E-state index contributed by atoms with van der Waals surface area (Å²) in [5, 5.41) is 8.72. The first-order valence-electron chi connectivity index (χ1n) is 3.34. The van der Waals surface area contributed by atoms with E-state index in [1.807, 2.05) is 6.07 Å². The Kier molecular flexibility index (Phi) is 1.73. The van der Waals surface area contributed by atoms with Gasteiger partial charge in [0, 0.05) is 3.57 Å². The Hall–Kier alpha value is -1.09. The zero-order valence-corrected chi connectivity index (χ0v) is 8.16. The number of H-pyrrole nitrogens is 1. The highest BCUT2D eigenvalue weighted by Gasteiger charge is 2.02. The molecule has 2 aromatic rings. The molecule has 1 heterocycles. The van der Waals surface area contributed by atoms with Crippen LogP contribution in [-0.2, 0) is 0 Å². The fraction of sp³-hybridized carbons (Fsp3) is 0. The van der Waals surface area contributed by atoms with Gasteiger partial charge in [0.15, 0.2) is 0 Å². The average Bonchev–Trinajstić information content (AvgIpc) is 2.49. The molecule has 0 bridgehead atoms. The zero-order chi connectivity index (χ0) is 8.55. The van der Waals surface area contributed by atoms with Crippen LogP contribution < -0.4 is 0 Å². The second kappa shape index (κ2) is 2.75. The molecule has 0 aliphatic heterocycles. The van der Waals surface area contributed by atoms with Gasteiger partial charge in [-0.3, -0.25) is 0 Å². The maximum absolute atomic E-state index is 8.72. The predicted octanol–water partition coefficient (Wildman–Crippen LogP) is 2.04. The van der Waals surface area contributed by atoms with E-state index in [4.69, 9.17) is 5.26 Å². The number of rotatable bonds is 0. The number of nitrogens with one attached hydrogen (secondary N) is 1. The Bertz CT molecular complexity index is 467. The Labute approximate surface area is 82.6 Å². The van der Waals surface area contributed by atoms with Crippen molar-refractivity contribution < 1.29 is 0 Å². The van der Waals surface area contributed by atoms with Crippen LogP contribution in [0, 0.1) is 14.9 Å². The standard InChI is InChI=1S/C8H4IN3/c9-6-2-8-7(11-4-12-8)1-5(6)3-10/h1-2,4H,(H,11,12). The molecule has 1 aromatic carbocycles. The Morgan fingerprint density at radius 1 is 1.50 bits per heavy atom. The molecule has 1 N–H and O–H groups in total. The number of imidazole rings is 1. The summed E-state index contributed by atoms with van der Waals surface area (Å²) in [5.41, 5.74) is 2.49. The summed E-state index contributed by atoms with van der Waals surface area (Å²) in [6.45, 7) is 0. The number of fused-ring (bicyclic) bond motifs is 1. The molecule has 0 amide bonds. The van der Waals surface area contributed by atoms with Gasteiger partial charge in [-0.25, -0.2) is 4.98 Å². The second-order valence-corrected chi connectivity index (χ2v) is 3.53. The van der Waals surface area contributed by atoms with E-state index in [9.17, 15) is 0 Å². The van der Waals surface area contributed by atoms with Crippen molar-refractivity contribution in [2.24, 2.45) is 0 Å². The van der Waals surface area contributed by atoms with Gasteiger partial charge in [0.05, 0.1) is 22.9 Å². The van der Waals surface area contributed by atoms with Crippen LogP contribution in [0.2, 0.25) is 0 Å². The number of nitrogens with zero attached hydrogens (tertiary/aromatic N) is 2. The van der Waals surface area contributed by atoms with E-state index in [-0.39, 0.29) is 0 Å². The smallest absolute Gasteiger partial charge is 0.100 e. The topological polar surface area (TPSA) is 52.5 Å². The zero-order valence-electron chi connectivity index (χ0n) is 6.00. The maximum Gasteiger partial charge on any atom is 0.100 e. The molecule has 0 saturated heterocycles. The number of halogens is 1. The normalized spacial score (nSPS) is 10.0. The summed E-state index contributed by atoms with van der Waals surface area (Å²) in [7, 11) is 0. The summed E-state index contributed by atoms with van der Waals surface area (Å²) >= 11 is 2.14. The SMILES string of the molecule is N#Cc1cc2nc[nH]c2cc1I. The highest BCUT2D eigenvalue weighted by atomic mass is 127. The molecular formula is C8H4IN3. The van der Waals surface area contributed by atoms with Gasteiger partial charge < -0.3 is 4.98 Å². The van der Waals surface area contributed by atoms with Crippen LogP contribution in [0.15, 0.2) is 18.5 Å². The van der Waals surface area contributed by atoms with Crippen LogP contribution in [-0.4, -0.2) is 9.97 Å². The molecule has 0 fully saturated rings. The molecule has 0 aliphatic rings. The van der Waals surface area contributed by atoms with Crippen molar-refractivity contribution in [3.8, 4) is 6.07 Å². The Morgan fingerprint density at radius 2 is 2.33 bits per heavy atom. The van der Waals surface area contributed by atoms with Crippen molar-refractivity contribution in [3.63, 3.8) is 0 Å².